The summed E-state index contributed by atoms with van der Waals surface area (Å²) in [5, 5.41) is 3.78. The summed E-state index contributed by atoms with van der Waals surface area (Å²) in [6.45, 7) is 1.73. The first-order valence-electron chi connectivity index (χ1n) is 9.37. The van der Waals surface area contributed by atoms with Crippen LogP contribution in [0.4, 0.5) is 0 Å². The Morgan fingerprint density at radius 3 is 2.96 bits per heavy atom. The maximum absolute atomic E-state index is 6.03. The van der Waals surface area contributed by atoms with Crippen LogP contribution in [0.3, 0.4) is 0 Å². The maximum atomic E-state index is 6.03. The molecule has 5 nitrogen and oxygen atoms in total. The molecule has 1 spiro atoms. The van der Waals surface area contributed by atoms with Gasteiger partial charge in [0.25, 0.3) is 0 Å². The zero-order valence-corrected chi connectivity index (χ0v) is 15.5. The van der Waals surface area contributed by atoms with Crippen molar-refractivity contribution < 1.29 is 9.47 Å². The summed E-state index contributed by atoms with van der Waals surface area (Å²) in [7, 11) is 5.68. The van der Waals surface area contributed by atoms with E-state index in [9.17, 15) is 0 Å². The first-order chi connectivity index (χ1) is 12.2. The van der Waals surface area contributed by atoms with Gasteiger partial charge < -0.3 is 19.7 Å². The highest BCUT2D eigenvalue weighted by Crippen LogP contribution is 2.62. The first kappa shape index (κ1) is 16.7. The van der Waals surface area contributed by atoms with Crippen LogP contribution in [-0.2, 0) is 11.3 Å². The molecule has 5 heteroatoms. The van der Waals surface area contributed by atoms with Crippen molar-refractivity contribution in [2.45, 2.75) is 44.4 Å². The van der Waals surface area contributed by atoms with Gasteiger partial charge in [0.2, 0.25) is 0 Å². The van der Waals surface area contributed by atoms with Crippen molar-refractivity contribution in [2.24, 2.45) is 16.3 Å². The Kier molecular flexibility index (Phi) is 4.36. The number of guanidine groups is 1. The zero-order chi connectivity index (χ0) is 17.4. The molecule has 1 N–H and O–H groups in total. The van der Waals surface area contributed by atoms with E-state index in [-0.39, 0.29) is 0 Å². The highest BCUT2D eigenvalue weighted by Gasteiger charge is 2.66. The molecule has 1 saturated heterocycles. The quantitative estimate of drug-likeness (QED) is 0.674. The number of rotatable bonds is 4. The Morgan fingerprint density at radius 2 is 2.28 bits per heavy atom. The minimum atomic E-state index is 0.369. The highest BCUT2D eigenvalue weighted by atomic mass is 16.5. The Labute approximate surface area is 150 Å². The van der Waals surface area contributed by atoms with Crippen LogP contribution in [0.15, 0.2) is 29.3 Å². The summed E-state index contributed by atoms with van der Waals surface area (Å²) in [5.41, 5.74) is 1.59. The average molecular weight is 343 g/mol. The molecule has 2 saturated carbocycles. The maximum Gasteiger partial charge on any atom is 0.193 e. The molecular weight excluding hydrogens is 314 g/mol. The molecule has 25 heavy (non-hydrogen) atoms. The third-order valence-electron chi connectivity index (χ3n) is 6.45. The summed E-state index contributed by atoms with van der Waals surface area (Å²) >= 11 is 0. The second kappa shape index (κ2) is 6.52. The molecule has 1 heterocycles. The van der Waals surface area contributed by atoms with E-state index in [1.807, 2.05) is 19.2 Å². The van der Waals surface area contributed by atoms with Crippen molar-refractivity contribution in [1.82, 2.24) is 10.2 Å². The van der Waals surface area contributed by atoms with Crippen molar-refractivity contribution >= 4 is 5.96 Å². The largest absolute Gasteiger partial charge is 0.497 e. The third kappa shape index (κ3) is 2.69. The van der Waals surface area contributed by atoms with Crippen LogP contribution in [0.5, 0.6) is 5.75 Å². The number of ether oxygens (including phenoxy) is 2. The van der Waals surface area contributed by atoms with Gasteiger partial charge in [-0.15, -0.1) is 0 Å². The van der Waals surface area contributed by atoms with Crippen molar-refractivity contribution in [3.8, 4) is 5.75 Å². The lowest BCUT2D eigenvalue weighted by Gasteiger charge is -2.63. The van der Waals surface area contributed by atoms with E-state index >= 15 is 0 Å². The summed E-state index contributed by atoms with van der Waals surface area (Å²) < 4.78 is 11.4. The lowest BCUT2D eigenvalue weighted by Crippen LogP contribution is -2.72. The molecule has 136 valence electrons. The summed E-state index contributed by atoms with van der Waals surface area (Å²) in [6, 6.07) is 8.74. The topological polar surface area (TPSA) is 46.1 Å². The Balaban J connectivity index is 1.43. The fourth-order valence-corrected chi connectivity index (χ4v) is 5.06. The van der Waals surface area contributed by atoms with E-state index < -0.39 is 0 Å². The summed E-state index contributed by atoms with van der Waals surface area (Å²) in [6.07, 6.45) is 5.59. The molecule has 1 aromatic rings. The standard InChI is InChI=1S/C20H29N3O2/c1-21-19(23(2)13-14-6-4-7-15(12-14)24-3)22-17-16-8-11-25-18(16)20(17)9-5-10-20/h4,6-7,12,16-18H,5,8-11,13H2,1-3H3,(H,21,22). The van der Waals surface area contributed by atoms with E-state index in [2.05, 4.69) is 34.4 Å². The molecular formula is C20H29N3O2. The van der Waals surface area contributed by atoms with Crippen LogP contribution in [0.1, 0.15) is 31.2 Å². The average Bonchev–Trinajstić information content (AvgIpc) is 2.99. The van der Waals surface area contributed by atoms with Gasteiger partial charge in [0, 0.05) is 44.6 Å². The number of aliphatic imine (C=N–C) groups is 1. The SMILES string of the molecule is CN=C(NC1C2CCOC2C12CCC2)N(C)Cc1cccc(OC)c1. The number of nitrogens with one attached hydrogen (secondary N) is 1. The monoisotopic (exact) mass is 343 g/mol. The molecule has 1 aliphatic heterocycles. The second-order valence-electron chi connectivity index (χ2n) is 7.71. The van der Waals surface area contributed by atoms with E-state index in [1.54, 1.807) is 7.11 Å². The predicted octanol–water partition coefficient (Wildman–Crippen LogP) is 2.66. The van der Waals surface area contributed by atoms with Crippen molar-refractivity contribution in [3.05, 3.63) is 29.8 Å². The molecule has 0 amide bonds. The van der Waals surface area contributed by atoms with E-state index in [0.29, 0.717) is 23.5 Å². The minimum absolute atomic E-state index is 0.369. The van der Waals surface area contributed by atoms with Gasteiger partial charge in [0.1, 0.15) is 5.75 Å². The molecule has 3 fully saturated rings. The Hall–Kier alpha value is -1.75. The van der Waals surface area contributed by atoms with Crippen molar-refractivity contribution in [2.75, 3.05) is 27.8 Å². The van der Waals surface area contributed by atoms with Gasteiger partial charge in [-0.05, 0) is 37.0 Å². The third-order valence-corrected chi connectivity index (χ3v) is 6.45. The van der Waals surface area contributed by atoms with Crippen LogP contribution < -0.4 is 10.1 Å². The lowest BCUT2D eigenvalue weighted by atomic mass is 9.46. The van der Waals surface area contributed by atoms with Crippen LogP contribution in [0, 0.1) is 11.3 Å². The lowest BCUT2D eigenvalue weighted by molar-refractivity contribution is -0.171. The molecule has 4 rings (SSSR count). The van der Waals surface area contributed by atoms with Crippen LogP contribution in [0.2, 0.25) is 0 Å². The molecule has 1 aromatic carbocycles. The zero-order valence-electron chi connectivity index (χ0n) is 15.5. The molecule has 3 unspecified atom stereocenters. The van der Waals surface area contributed by atoms with E-state index in [1.165, 1.54) is 31.2 Å². The van der Waals surface area contributed by atoms with Gasteiger partial charge >= 0.3 is 0 Å². The number of hydrogen-bond donors (Lipinski definition) is 1. The van der Waals surface area contributed by atoms with Crippen molar-refractivity contribution in [1.29, 1.82) is 0 Å². The molecule has 3 aliphatic rings. The minimum Gasteiger partial charge on any atom is -0.497 e. The van der Waals surface area contributed by atoms with Gasteiger partial charge in [-0.3, -0.25) is 4.99 Å². The van der Waals surface area contributed by atoms with Gasteiger partial charge in [-0.2, -0.15) is 0 Å². The van der Waals surface area contributed by atoms with Gasteiger partial charge in [-0.25, -0.2) is 0 Å². The number of methoxy groups -OCH3 is 1. The van der Waals surface area contributed by atoms with E-state index in [0.717, 1.165) is 24.9 Å². The summed E-state index contributed by atoms with van der Waals surface area (Å²) in [4.78, 5) is 6.74. The Morgan fingerprint density at radius 1 is 1.44 bits per heavy atom. The van der Waals surface area contributed by atoms with E-state index in [4.69, 9.17) is 9.47 Å². The smallest absolute Gasteiger partial charge is 0.193 e. The van der Waals surface area contributed by atoms with Crippen LogP contribution in [-0.4, -0.2) is 50.8 Å². The number of fused-ring (bicyclic) bond motifs is 2. The molecule has 0 aromatic heterocycles. The molecule has 0 radical (unpaired) electrons. The van der Waals surface area contributed by atoms with Crippen LogP contribution >= 0.6 is 0 Å². The fourth-order valence-electron chi connectivity index (χ4n) is 5.06. The van der Waals surface area contributed by atoms with Crippen molar-refractivity contribution in [3.63, 3.8) is 0 Å². The summed E-state index contributed by atoms with van der Waals surface area (Å²) in [5.74, 6) is 2.53. The van der Waals surface area contributed by atoms with Crippen LogP contribution in [0.25, 0.3) is 0 Å². The fraction of sp³-hybridized carbons (Fsp3) is 0.650. The first-order valence-corrected chi connectivity index (χ1v) is 9.37. The molecule has 0 bridgehead atoms. The Bertz CT molecular complexity index is 656. The molecule has 2 aliphatic carbocycles. The number of benzene rings is 1. The number of nitrogens with zero attached hydrogens (tertiary/aromatic N) is 2. The second-order valence-corrected chi connectivity index (χ2v) is 7.71. The van der Waals surface area contributed by atoms with Gasteiger partial charge in [-0.1, -0.05) is 18.6 Å². The normalized spacial score (nSPS) is 29.6. The number of hydrogen-bond acceptors (Lipinski definition) is 3. The highest BCUT2D eigenvalue weighted by molar-refractivity contribution is 5.80. The van der Waals surface area contributed by atoms with Gasteiger partial charge in [0.15, 0.2) is 5.96 Å². The molecule has 3 atom stereocenters. The van der Waals surface area contributed by atoms with Gasteiger partial charge in [0.05, 0.1) is 13.2 Å². The predicted molar refractivity (Wildman–Crippen MR) is 98.9 cm³/mol.